The summed E-state index contributed by atoms with van der Waals surface area (Å²) in [6.45, 7) is 9.67. The summed E-state index contributed by atoms with van der Waals surface area (Å²) in [5.41, 5.74) is 8.57. The van der Waals surface area contributed by atoms with Gasteiger partial charge in [-0.3, -0.25) is 4.68 Å². The van der Waals surface area contributed by atoms with Gasteiger partial charge in [-0.2, -0.15) is 5.10 Å². The fraction of sp³-hybridized carbons (Fsp3) is 0.562. The van der Waals surface area contributed by atoms with Crippen LogP contribution >= 0.6 is 0 Å². The molecule has 1 heterocycles. The van der Waals surface area contributed by atoms with Gasteiger partial charge in [0, 0.05) is 18.0 Å². The van der Waals surface area contributed by atoms with Crippen molar-refractivity contribution in [2.24, 2.45) is 11.1 Å². The molecule has 0 saturated heterocycles. The molecule has 19 heavy (non-hydrogen) atoms. The van der Waals surface area contributed by atoms with Crippen LogP contribution in [0.25, 0.3) is 10.9 Å². The fourth-order valence-electron chi connectivity index (χ4n) is 2.96. The first-order chi connectivity index (χ1) is 8.93. The molecule has 0 fully saturated rings. The zero-order chi connectivity index (χ0) is 14.0. The molecule has 0 saturated carbocycles. The zero-order valence-electron chi connectivity index (χ0n) is 12.5. The Balaban J connectivity index is 2.35. The lowest BCUT2D eigenvalue weighted by Crippen LogP contribution is -2.26. The largest absolute Gasteiger partial charge is 0.328 e. The molecule has 1 aromatic carbocycles. The summed E-state index contributed by atoms with van der Waals surface area (Å²) < 4.78 is 2.09. The third-order valence-corrected chi connectivity index (χ3v) is 3.55. The van der Waals surface area contributed by atoms with E-state index in [4.69, 9.17) is 10.8 Å². The average molecular weight is 259 g/mol. The summed E-state index contributed by atoms with van der Waals surface area (Å²) in [5, 5.41) is 6.06. The van der Waals surface area contributed by atoms with Crippen molar-refractivity contribution >= 4 is 10.9 Å². The third kappa shape index (κ3) is 3.16. The molecule has 1 aromatic heterocycles. The van der Waals surface area contributed by atoms with Crippen molar-refractivity contribution in [3.05, 3.63) is 30.0 Å². The lowest BCUT2D eigenvalue weighted by molar-refractivity contribution is 0.306. The number of hydrogen-bond donors (Lipinski definition) is 1. The van der Waals surface area contributed by atoms with E-state index in [2.05, 4.69) is 56.6 Å². The minimum Gasteiger partial charge on any atom is -0.328 e. The van der Waals surface area contributed by atoms with Gasteiger partial charge in [-0.25, -0.2) is 0 Å². The number of para-hydroxylation sites is 1. The number of hydrogen-bond acceptors (Lipinski definition) is 2. The molecule has 104 valence electrons. The molecule has 0 spiro atoms. The average Bonchev–Trinajstić information content (AvgIpc) is 2.65. The lowest BCUT2D eigenvalue weighted by atomic mass is 9.81. The van der Waals surface area contributed by atoms with Crippen molar-refractivity contribution in [1.29, 1.82) is 0 Å². The van der Waals surface area contributed by atoms with Crippen LogP contribution in [0.4, 0.5) is 0 Å². The maximum atomic E-state index is 5.95. The monoisotopic (exact) mass is 259 g/mol. The first-order valence-electron chi connectivity index (χ1n) is 7.13. The molecule has 1 unspecified atom stereocenters. The Labute approximate surface area is 115 Å². The highest BCUT2D eigenvalue weighted by Gasteiger charge is 2.23. The van der Waals surface area contributed by atoms with Crippen LogP contribution in [0.3, 0.4) is 0 Å². The molecular weight excluding hydrogens is 234 g/mol. The predicted octanol–water partition coefficient (Wildman–Crippen LogP) is 3.36. The Hall–Kier alpha value is -1.35. The number of aryl methyl sites for hydroxylation is 1. The molecule has 1 atom stereocenters. The van der Waals surface area contributed by atoms with Gasteiger partial charge in [-0.1, -0.05) is 32.0 Å². The molecule has 0 amide bonds. The summed E-state index contributed by atoms with van der Waals surface area (Å²) in [5.74, 6) is 0. The molecule has 3 heteroatoms. The maximum absolute atomic E-state index is 5.95. The molecule has 0 aliphatic heterocycles. The summed E-state index contributed by atoms with van der Waals surface area (Å²) >= 11 is 0. The number of nitrogens with two attached hydrogens (primary N) is 1. The fourth-order valence-corrected chi connectivity index (χ4v) is 2.96. The molecular formula is C16H25N3. The zero-order valence-corrected chi connectivity index (χ0v) is 12.5. The highest BCUT2D eigenvalue weighted by atomic mass is 15.3. The summed E-state index contributed by atoms with van der Waals surface area (Å²) in [4.78, 5) is 0. The second-order valence-electron chi connectivity index (χ2n) is 6.30. The second-order valence-corrected chi connectivity index (χ2v) is 6.30. The van der Waals surface area contributed by atoms with Crippen molar-refractivity contribution in [2.45, 2.75) is 53.1 Å². The van der Waals surface area contributed by atoms with E-state index in [0.29, 0.717) is 0 Å². The number of rotatable bonds is 5. The van der Waals surface area contributed by atoms with Crippen LogP contribution in [0.1, 0.15) is 39.8 Å². The van der Waals surface area contributed by atoms with Crippen LogP contribution in [0.5, 0.6) is 0 Å². The summed E-state index contributed by atoms with van der Waals surface area (Å²) in [7, 11) is 0. The minimum atomic E-state index is 0.184. The minimum absolute atomic E-state index is 0.184. The molecule has 3 nitrogen and oxygen atoms in total. The van der Waals surface area contributed by atoms with Crippen LogP contribution < -0.4 is 5.73 Å². The van der Waals surface area contributed by atoms with Gasteiger partial charge in [-0.15, -0.1) is 0 Å². The highest BCUT2D eigenvalue weighted by molar-refractivity contribution is 5.82. The van der Waals surface area contributed by atoms with Gasteiger partial charge in [0.25, 0.3) is 0 Å². The molecule has 0 aliphatic carbocycles. The van der Waals surface area contributed by atoms with Gasteiger partial charge < -0.3 is 5.73 Å². The predicted molar refractivity (Wildman–Crippen MR) is 81.2 cm³/mol. The Morgan fingerprint density at radius 2 is 2.00 bits per heavy atom. The van der Waals surface area contributed by atoms with E-state index in [9.17, 15) is 0 Å². The van der Waals surface area contributed by atoms with Crippen LogP contribution in [0, 0.1) is 5.41 Å². The maximum Gasteiger partial charge on any atom is 0.0708 e. The second kappa shape index (κ2) is 5.33. The van der Waals surface area contributed by atoms with E-state index in [-0.39, 0.29) is 11.5 Å². The first-order valence-corrected chi connectivity index (χ1v) is 7.13. The third-order valence-electron chi connectivity index (χ3n) is 3.55. The topological polar surface area (TPSA) is 43.8 Å². The Morgan fingerprint density at radius 3 is 2.63 bits per heavy atom. The Bertz CT molecular complexity index is 552. The Kier molecular flexibility index (Phi) is 3.95. The quantitative estimate of drug-likeness (QED) is 0.894. The van der Waals surface area contributed by atoms with E-state index < -0.39 is 0 Å². The van der Waals surface area contributed by atoms with E-state index in [1.165, 1.54) is 16.6 Å². The van der Waals surface area contributed by atoms with Crippen LogP contribution in [0.15, 0.2) is 24.3 Å². The highest BCUT2D eigenvalue weighted by Crippen LogP contribution is 2.30. The molecule has 0 bridgehead atoms. The van der Waals surface area contributed by atoms with Gasteiger partial charge in [0.1, 0.15) is 0 Å². The summed E-state index contributed by atoms with van der Waals surface area (Å²) in [6, 6.07) is 8.72. The van der Waals surface area contributed by atoms with Gasteiger partial charge in [0.05, 0.1) is 11.2 Å². The van der Waals surface area contributed by atoms with Crippen LogP contribution in [0.2, 0.25) is 0 Å². The van der Waals surface area contributed by atoms with Crippen molar-refractivity contribution < 1.29 is 0 Å². The van der Waals surface area contributed by atoms with E-state index in [1.807, 2.05) is 0 Å². The van der Waals surface area contributed by atoms with Gasteiger partial charge in [0.15, 0.2) is 0 Å². The first kappa shape index (κ1) is 14.1. The molecule has 2 aromatic rings. The van der Waals surface area contributed by atoms with Crippen LogP contribution in [-0.2, 0) is 13.0 Å². The van der Waals surface area contributed by atoms with Crippen molar-refractivity contribution in [3.63, 3.8) is 0 Å². The summed E-state index contributed by atoms with van der Waals surface area (Å²) in [6.07, 6.45) is 1.99. The van der Waals surface area contributed by atoms with Gasteiger partial charge >= 0.3 is 0 Å². The van der Waals surface area contributed by atoms with Gasteiger partial charge in [-0.05, 0) is 38.2 Å². The molecule has 2 rings (SSSR count). The number of nitrogens with zero attached hydrogens (tertiary/aromatic N) is 2. The molecule has 2 N–H and O–H groups in total. The number of benzene rings is 1. The smallest absolute Gasteiger partial charge is 0.0708 e. The number of aromatic nitrogens is 2. The van der Waals surface area contributed by atoms with E-state index in [1.54, 1.807) is 0 Å². The lowest BCUT2D eigenvalue weighted by Gasteiger charge is -2.25. The standard InChI is InChI=1S/C16H25N3/c1-5-19-15-9-7-6-8-13(15)14(18-19)11-16(3,4)10-12(2)17/h6-9,12H,5,10-11,17H2,1-4H3. The normalized spacial score (nSPS) is 13.9. The van der Waals surface area contributed by atoms with Crippen molar-refractivity contribution in [2.75, 3.05) is 0 Å². The molecule has 0 radical (unpaired) electrons. The Morgan fingerprint density at radius 1 is 1.32 bits per heavy atom. The van der Waals surface area contributed by atoms with Crippen LogP contribution in [-0.4, -0.2) is 15.8 Å². The molecule has 0 aliphatic rings. The number of fused-ring (bicyclic) bond motifs is 1. The van der Waals surface area contributed by atoms with E-state index >= 15 is 0 Å². The SMILES string of the molecule is CCn1nc(CC(C)(C)CC(C)N)c2ccccc21. The van der Waals surface area contributed by atoms with Gasteiger partial charge in [0.2, 0.25) is 0 Å². The van der Waals surface area contributed by atoms with Crippen molar-refractivity contribution in [1.82, 2.24) is 9.78 Å². The van der Waals surface area contributed by atoms with E-state index in [0.717, 1.165) is 19.4 Å². The van der Waals surface area contributed by atoms with Crippen molar-refractivity contribution in [3.8, 4) is 0 Å².